The average Bonchev–Trinajstić information content (AvgIpc) is 2.13. The van der Waals surface area contributed by atoms with Crippen molar-refractivity contribution in [1.29, 1.82) is 0 Å². The second kappa shape index (κ2) is 6.10. The van der Waals surface area contributed by atoms with Crippen LogP contribution < -0.4 is 26.1 Å². The number of nitrogens with zero attached hydrogens (tertiary/aromatic N) is 2. The van der Waals surface area contributed by atoms with E-state index in [4.69, 9.17) is 0 Å². The molecule has 18 heavy (non-hydrogen) atoms. The van der Waals surface area contributed by atoms with E-state index in [1.165, 1.54) is 22.3 Å². The van der Waals surface area contributed by atoms with Gasteiger partial charge in [0.2, 0.25) is 0 Å². The van der Waals surface area contributed by atoms with Gasteiger partial charge in [-0.25, -0.2) is 0 Å². The molecule has 0 unspecified atom stereocenters. The van der Waals surface area contributed by atoms with Gasteiger partial charge >= 0.3 is 6.67 Å². The number of hydrogen-bond acceptors (Lipinski definition) is 0. The maximum absolute atomic E-state index is 2.23. The van der Waals surface area contributed by atoms with Gasteiger partial charge in [0.25, 0.3) is 0 Å². The lowest BCUT2D eigenvalue weighted by Gasteiger charge is -1.99. The maximum Gasteiger partial charge on any atom is 0.343 e. The van der Waals surface area contributed by atoms with E-state index in [0.29, 0.717) is 0 Å². The number of hydrogen-bond donors (Lipinski definition) is 0. The molecule has 0 atom stereocenters. The maximum atomic E-state index is 2.23. The highest BCUT2D eigenvalue weighted by molar-refractivity contribution is 5.12. The van der Waals surface area contributed by atoms with E-state index in [1.807, 2.05) is 0 Å². The molecular weight excluding hydrogens is 288 g/mol. The zero-order chi connectivity index (χ0) is 12.4. The summed E-state index contributed by atoms with van der Waals surface area (Å²) in [4.78, 5) is 0. The van der Waals surface area contributed by atoms with Gasteiger partial charge in [-0.2, -0.15) is 0 Å². The summed E-state index contributed by atoms with van der Waals surface area (Å²) >= 11 is 0. The zero-order valence-electron chi connectivity index (χ0n) is 11.4. The van der Waals surface area contributed by atoms with E-state index < -0.39 is 0 Å². The summed E-state index contributed by atoms with van der Waals surface area (Å²) in [6.07, 6.45) is 8.71. The number of aryl methyl sites for hydroxylation is 4. The van der Waals surface area contributed by atoms with Gasteiger partial charge in [-0.1, -0.05) is 0 Å². The molecule has 0 saturated carbocycles. The molecular formula is C15H20BrN2+. The van der Waals surface area contributed by atoms with Gasteiger partial charge in [-0.3, -0.25) is 0 Å². The van der Waals surface area contributed by atoms with Crippen LogP contribution in [0.15, 0.2) is 36.9 Å². The third-order valence-electron chi connectivity index (χ3n) is 2.72. The second-order valence-electron chi connectivity index (χ2n) is 4.95. The number of aromatic nitrogens is 2. The molecule has 0 aliphatic carbocycles. The Hall–Kier alpha value is -1.22. The molecule has 0 bridgehead atoms. The van der Waals surface area contributed by atoms with Crippen LogP contribution in [0, 0.1) is 27.7 Å². The highest BCUT2D eigenvalue weighted by atomic mass is 79.9. The summed E-state index contributed by atoms with van der Waals surface area (Å²) < 4.78 is 4.45. The van der Waals surface area contributed by atoms with Crippen molar-refractivity contribution >= 4 is 0 Å². The molecule has 0 amide bonds. The van der Waals surface area contributed by atoms with E-state index in [0.717, 1.165) is 6.67 Å². The van der Waals surface area contributed by atoms with Crippen molar-refractivity contribution in [2.45, 2.75) is 34.4 Å². The van der Waals surface area contributed by atoms with Crippen molar-refractivity contribution in [2.75, 3.05) is 0 Å². The Morgan fingerprint density at radius 2 is 0.944 bits per heavy atom. The van der Waals surface area contributed by atoms with E-state index in [-0.39, 0.29) is 17.0 Å². The van der Waals surface area contributed by atoms with E-state index >= 15 is 0 Å². The first kappa shape index (κ1) is 14.8. The minimum atomic E-state index is 0. The Labute approximate surface area is 120 Å². The first-order valence-corrected chi connectivity index (χ1v) is 5.97. The van der Waals surface area contributed by atoms with Crippen molar-refractivity contribution in [3.05, 3.63) is 59.2 Å². The first-order valence-electron chi connectivity index (χ1n) is 5.97. The third kappa shape index (κ3) is 3.91. The minimum Gasteiger partial charge on any atom is -1.00 e. The normalized spacial score (nSPS) is 10.0. The Kier molecular flexibility index (Phi) is 5.03. The predicted octanol–water partition coefficient (Wildman–Crippen LogP) is -0.995. The van der Waals surface area contributed by atoms with Gasteiger partial charge in [0.05, 0.1) is 0 Å². The fraction of sp³-hybridized carbons (Fsp3) is 0.333. The molecule has 0 radical (unpaired) electrons. The fourth-order valence-corrected chi connectivity index (χ4v) is 2.34. The lowest BCUT2D eigenvalue weighted by molar-refractivity contribution is -0.913. The van der Waals surface area contributed by atoms with Gasteiger partial charge < -0.3 is 17.0 Å². The molecule has 0 aliphatic rings. The highest BCUT2D eigenvalue weighted by Crippen LogP contribution is 1.98. The predicted molar refractivity (Wildman–Crippen MR) is 67.6 cm³/mol. The Balaban J connectivity index is 0.00000162. The summed E-state index contributed by atoms with van der Waals surface area (Å²) in [7, 11) is 0. The van der Waals surface area contributed by atoms with Crippen LogP contribution in [0.4, 0.5) is 0 Å². The van der Waals surface area contributed by atoms with Crippen molar-refractivity contribution in [2.24, 2.45) is 0 Å². The number of pyridine rings is 2. The zero-order valence-corrected chi connectivity index (χ0v) is 13.0. The number of rotatable bonds is 2. The highest BCUT2D eigenvalue weighted by Gasteiger charge is 2.10. The van der Waals surface area contributed by atoms with Gasteiger partial charge in [0.1, 0.15) is 0 Å². The van der Waals surface area contributed by atoms with Crippen molar-refractivity contribution in [3.8, 4) is 0 Å². The summed E-state index contributed by atoms with van der Waals surface area (Å²) in [5.74, 6) is 0. The average molecular weight is 308 g/mol. The summed E-state index contributed by atoms with van der Waals surface area (Å²) in [5, 5.41) is 0. The van der Waals surface area contributed by atoms with Crippen molar-refractivity contribution < 1.29 is 26.1 Å². The molecule has 2 rings (SSSR count). The van der Waals surface area contributed by atoms with E-state index in [9.17, 15) is 0 Å². The molecule has 2 heterocycles. The minimum absolute atomic E-state index is 0. The molecule has 0 N–H and O–H groups in total. The monoisotopic (exact) mass is 307 g/mol. The molecule has 0 spiro atoms. The molecule has 96 valence electrons. The lowest BCUT2D eigenvalue weighted by atomic mass is 10.2. The van der Waals surface area contributed by atoms with E-state index in [2.05, 4.69) is 73.7 Å². The van der Waals surface area contributed by atoms with Crippen LogP contribution in [0.3, 0.4) is 0 Å². The van der Waals surface area contributed by atoms with Crippen LogP contribution in [0.2, 0.25) is 0 Å². The number of halogens is 1. The van der Waals surface area contributed by atoms with Gasteiger partial charge in [0, 0.05) is 22.3 Å². The van der Waals surface area contributed by atoms with Gasteiger partial charge in [0.15, 0.2) is 24.8 Å². The van der Waals surface area contributed by atoms with E-state index in [1.54, 1.807) is 0 Å². The van der Waals surface area contributed by atoms with Crippen LogP contribution in [0.1, 0.15) is 22.3 Å². The van der Waals surface area contributed by atoms with Crippen LogP contribution in [0.25, 0.3) is 0 Å². The quantitative estimate of drug-likeness (QED) is 0.629. The largest absolute Gasteiger partial charge is 1.00 e. The molecule has 2 aromatic heterocycles. The second-order valence-corrected chi connectivity index (χ2v) is 4.95. The molecule has 0 aromatic carbocycles. The molecule has 0 saturated heterocycles. The fourth-order valence-electron chi connectivity index (χ4n) is 2.34. The third-order valence-corrected chi connectivity index (χ3v) is 2.72. The summed E-state index contributed by atoms with van der Waals surface area (Å²) in [5.41, 5.74) is 5.20. The Bertz CT molecular complexity index is 460. The van der Waals surface area contributed by atoms with Crippen LogP contribution in [0.5, 0.6) is 0 Å². The van der Waals surface area contributed by atoms with Gasteiger partial charge in [-0.15, -0.1) is 9.13 Å². The van der Waals surface area contributed by atoms with Crippen molar-refractivity contribution in [1.82, 2.24) is 0 Å². The van der Waals surface area contributed by atoms with Crippen molar-refractivity contribution in [3.63, 3.8) is 0 Å². The summed E-state index contributed by atoms with van der Waals surface area (Å²) in [6.45, 7) is 9.40. The van der Waals surface area contributed by atoms with Crippen LogP contribution in [-0.2, 0) is 6.67 Å². The molecule has 0 fully saturated rings. The first-order chi connectivity index (χ1) is 8.02. The molecule has 3 heteroatoms. The van der Waals surface area contributed by atoms with Gasteiger partial charge in [-0.05, 0) is 39.8 Å². The Morgan fingerprint density at radius 1 is 0.667 bits per heavy atom. The standard InChI is InChI=1S/C15H20N2.BrH/c1-12-5-13(2)8-16(7-12)11-17-9-14(3)6-15(4)10-17;/h5-10H,11H2,1-4H3;1H/q+2;/p-1. The summed E-state index contributed by atoms with van der Waals surface area (Å²) in [6, 6.07) is 4.39. The molecule has 2 aromatic rings. The molecule has 0 aliphatic heterocycles. The Morgan fingerprint density at radius 3 is 1.22 bits per heavy atom. The molecule has 2 nitrogen and oxygen atoms in total. The smallest absolute Gasteiger partial charge is 0.343 e. The lowest BCUT2D eigenvalue weighted by Crippen LogP contribution is -3.00. The van der Waals surface area contributed by atoms with Crippen LogP contribution in [-0.4, -0.2) is 0 Å². The SMILES string of the molecule is Cc1cc(C)c[n+](C[n+]2cc(C)cc(C)c2)c1.[Br-]. The topological polar surface area (TPSA) is 7.76 Å². The van der Waals surface area contributed by atoms with Crippen LogP contribution >= 0.6 is 0 Å².